The van der Waals surface area contributed by atoms with E-state index in [0.29, 0.717) is 43.9 Å². The SMILES string of the molecule is Brc1ccc2c(n1)CCCO2.Nc1nc(Br)ccc1OCCBr.O=[N+]([O-])c1nc(Br)ccc1O.O=[N+]([O-])c1nc(Br)ccc1OCCBr. The van der Waals surface area contributed by atoms with E-state index in [1.54, 1.807) is 18.2 Å². The van der Waals surface area contributed by atoms with Crippen molar-refractivity contribution in [2.45, 2.75) is 12.8 Å². The van der Waals surface area contributed by atoms with E-state index in [9.17, 15) is 20.2 Å². The summed E-state index contributed by atoms with van der Waals surface area (Å²) in [5.41, 5.74) is 6.66. The summed E-state index contributed by atoms with van der Waals surface area (Å²) in [5.74, 6) is 0.901. The highest BCUT2D eigenvalue weighted by Gasteiger charge is 2.18. The number of hydrogen-bond donors (Lipinski definition) is 2. The van der Waals surface area contributed by atoms with E-state index < -0.39 is 21.4 Å². The van der Waals surface area contributed by atoms with Crippen molar-refractivity contribution in [3.05, 3.63) is 92.9 Å². The number of nitrogens with two attached hydrogens (primary N) is 1. The number of nitrogen functional groups attached to an aromatic ring is 1. The van der Waals surface area contributed by atoms with Crippen LogP contribution in [0.3, 0.4) is 0 Å². The number of anilines is 1. The molecule has 0 fully saturated rings. The number of aryl methyl sites for hydroxylation is 1. The molecular formula is C27H25Br6N7O8. The molecule has 0 amide bonds. The topological polar surface area (TPSA) is 212 Å². The number of aromatic nitrogens is 4. The number of halogens is 6. The molecule has 0 aromatic carbocycles. The lowest BCUT2D eigenvalue weighted by atomic mass is 10.2. The van der Waals surface area contributed by atoms with Gasteiger partial charge in [0, 0.05) is 54.7 Å². The van der Waals surface area contributed by atoms with Gasteiger partial charge in [-0.05, 0) is 101 Å². The molecular weight excluding hydrogens is 1030 g/mol. The molecule has 4 aromatic rings. The minimum atomic E-state index is -0.750. The number of rotatable bonds is 8. The third kappa shape index (κ3) is 14.8. The van der Waals surface area contributed by atoms with Gasteiger partial charge >= 0.3 is 11.6 Å². The zero-order valence-corrected chi connectivity index (χ0v) is 33.9. The molecule has 0 saturated heterocycles. The molecule has 0 atom stereocenters. The first-order valence-electron chi connectivity index (χ1n) is 13.2. The molecule has 21 heteroatoms. The molecule has 0 radical (unpaired) electrons. The standard InChI is InChI=1S/C8H8BrNO.C7H6Br2N2O3.C7H8Br2N2O.C5H3BrN2O3/c9-8-4-3-7-6(10-8)2-1-5-11-7;8-3-4-14-5-1-2-6(9)10-7(5)11(12)13;8-3-4-12-5-1-2-6(9)11-7(5)10;6-4-2-1-3(9)5(7-4)8(10)11/h3-4H,1-2,5H2;1-2H,3-4H2;1-2H,3-4H2,(H2,10,11);1-2,9H. The minimum Gasteiger partial charge on any atom is -0.501 e. The van der Waals surface area contributed by atoms with Crippen molar-refractivity contribution in [1.29, 1.82) is 0 Å². The van der Waals surface area contributed by atoms with Crippen molar-refractivity contribution in [2.75, 3.05) is 36.2 Å². The van der Waals surface area contributed by atoms with Crippen molar-refractivity contribution >= 4 is 113 Å². The highest BCUT2D eigenvalue weighted by Crippen LogP contribution is 2.27. The zero-order chi connectivity index (χ0) is 35.6. The van der Waals surface area contributed by atoms with Gasteiger partial charge in [-0.1, -0.05) is 31.9 Å². The first-order chi connectivity index (χ1) is 22.9. The van der Waals surface area contributed by atoms with Gasteiger partial charge in [-0.2, -0.15) is 0 Å². The van der Waals surface area contributed by atoms with Crippen molar-refractivity contribution in [3.8, 4) is 23.0 Å². The Bertz CT molecular complexity index is 1680. The monoisotopic (exact) mass is 1050 g/mol. The summed E-state index contributed by atoms with van der Waals surface area (Å²) in [4.78, 5) is 34.8. The Balaban J connectivity index is 0.000000223. The van der Waals surface area contributed by atoms with Crippen LogP contribution < -0.4 is 19.9 Å². The fraction of sp³-hybridized carbons (Fsp3) is 0.259. The van der Waals surface area contributed by atoms with E-state index >= 15 is 0 Å². The van der Waals surface area contributed by atoms with Gasteiger partial charge in [0.05, 0.1) is 25.5 Å². The van der Waals surface area contributed by atoms with E-state index in [1.165, 1.54) is 18.2 Å². The second kappa shape index (κ2) is 22.1. The van der Waals surface area contributed by atoms with Crippen LogP contribution in [0.15, 0.2) is 66.9 Å². The van der Waals surface area contributed by atoms with E-state index in [1.807, 2.05) is 12.1 Å². The van der Waals surface area contributed by atoms with Crippen molar-refractivity contribution < 1.29 is 29.2 Å². The molecule has 0 bridgehead atoms. The largest absolute Gasteiger partial charge is 0.501 e. The second-order valence-electron chi connectivity index (χ2n) is 8.57. The molecule has 1 aliphatic heterocycles. The predicted molar refractivity (Wildman–Crippen MR) is 200 cm³/mol. The molecule has 0 spiro atoms. The van der Waals surface area contributed by atoms with Gasteiger partial charge in [0.1, 0.15) is 15.0 Å². The molecule has 0 unspecified atom stereocenters. The quantitative estimate of drug-likeness (QED) is 0.0736. The normalized spacial score (nSPS) is 11.0. The lowest BCUT2D eigenvalue weighted by molar-refractivity contribution is -0.390. The predicted octanol–water partition coefficient (Wildman–Crippen LogP) is 8.35. The van der Waals surface area contributed by atoms with Crippen LogP contribution in [0, 0.1) is 20.2 Å². The van der Waals surface area contributed by atoms with E-state index in [4.69, 9.17) is 25.1 Å². The molecule has 48 heavy (non-hydrogen) atoms. The number of fused-ring (bicyclic) bond motifs is 1. The highest BCUT2D eigenvalue weighted by molar-refractivity contribution is 9.11. The number of hydrogen-bond acceptors (Lipinski definition) is 13. The molecule has 0 saturated carbocycles. The Morgan fingerprint density at radius 3 is 1.81 bits per heavy atom. The van der Waals surface area contributed by atoms with Gasteiger partial charge in [-0.25, -0.2) is 9.97 Å². The number of nitro groups is 2. The Hall–Kier alpha value is -2.72. The van der Waals surface area contributed by atoms with E-state index in [2.05, 4.69) is 116 Å². The molecule has 4 aromatic heterocycles. The van der Waals surface area contributed by atoms with E-state index in [-0.39, 0.29) is 11.6 Å². The van der Waals surface area contributed by atoms with Crippen LogP contribution in [0.2, 0.25) is 0 Å². The number of ether oxygens (including phenoxy) is 3. The molecule has 258 valence electrons. The molecule has 5 heterocycles. The van der Waals surface area contributed by atoms with Crippen LogP contribution in [0.25, 0.3) is 0 Å². The summed E-state index contributed by atoms with van der Waals surface area (Å²) >= 11 is 18.9. The Kier molecular flexibility index (Phi) is 19.1. The lowest BCUT2D eigenvalue weighted by Gasteiger charge is -2.15. The van der Waals surface area contributed by atoms with Gasteiger partial charge in [-0.3, -0.25) is 0 Å². The number of nitrogens with zero attached hydrogens (tertiary/aromatic N) is 6. The maximum atomic E-state index is 10.6. The maximum absolute atomic E-state index is 10.6. The summed E-state index contributed by atoms with van der Waals surface area (Å²) < 4.78 is 18.1. The number of aromatic hydroxyl groups is 1. The van der Waals surface area contributed by atoms with Crippen LogP contribution in [-0.4, -0.2) is 65.4 Å². The van der Waals surface area contributed by atoms with E-state index in [0.717, 1.165) is 40.8 Å². The first kappa shape index (κ1) is 41.5. The fourth-order valence-electron chi connectivity index (χ4n) is 3.26. The highest BCUT2D eigenvalue weighted by atomic mass is 79.9. The molecule has 3 N–H and O–H groups in total. The van der Waals surface area contributed by atoms with Crippen molar-refractivity contribution in [1.82, 2.24) is 19.9 Å². The summed E-state index contributed by atoms with van der Waals surface area (Å²) in [6.45, 7) is 1.79. The van der Waals surface area contributed by atoms with Gasteiger partial charge in [0.2, 0.25) is 20.7 Å². The summed E-state index contributed by atoms with van der Waals surface area (Å²) in [6, 6.07) is 13.2. The fourth-order valence-corrected chi connectivity index (χ4v) is 4.85. The smallest absolute Gasteiger partial charge is 0.407 e. The lowest BCUT2D eigenvalue weighted by Crippen LogP contribution is -2.09. The number of alkyl halides is 2. The van der Waals surface area contributed by atoms with Gasteiger partial charge in [0.25, 0.3) is 0 Å². The average Bonchev–Trinajstić information content (AvgIpc) is 3.05. The molecule has 1 aliphatic rings. The average molecular weight is 1050 g/mol. The second-order valence-corrected chi connectivity index (χ2v) is 13.4. The van der Waals surface area contributed by atoms with Crippen LogP contribution in [0.4, 0.5) is 17.5 Å². The van der Waals surface area contributed by atoms with Crippen LogP contribution in [-0.2, 0) is 6.42 Å². The Morgan fingerprint density at radius 1 is 0.750 bits per heavy atom. The molecule has 0 aliphatic carbocycles. The molecule has 5 rings (SSSR count). The summed E-state index contributed by atoms with van der Waals surface area (Å²) in [6.07, 6.45) is 2.12. The Labute approximate surface area is 324 Å². The summed E-state index contributed by atoms with van der Waals surface area (Å²) in [7, 11) is 0. The van der Waals surface area contributed by atoms with Gasteiger partial charge in [0.15, 0.2) is 11.6 Å². The third-order valence-electron chi connectivity index (χ3n) is 5.21. The van der Waals surface area contributed by atoms with Crippen molar-refractivity contribution in [3.63, 3.8) is 0 Å². The van der Waals surface area contributed by atoms with Crippen molar-refractivity contribution in [2.24, 2.45) is 0 Å². The summed E-state index contributed by atoms with van der Waals surface area (Å²) in [5, 5.41) is 31.0. The van der Waals surface area contributed by atoms with Gasteiger partial charge < -0.3 is 45.3 Å². The van der Waals surface area contributed by atoms with Gasteiger partial charge in [-0.15, -0.1) is 0 Å². The zero-order valence-electron chi connectivity index (χ0n) is 24.4. The minimum absolute atomic E-state index is 0.178. The van der Waals surface area contributed by atoms with Crippen LogP contribution in [0.5, 0.6) is 23.0 Å². The number of pyridine rings is 4. The van der Waals surface area contributed by atoms with Crippen LogP contribution >= 0.6 is 95.6 Å². The molecule has 15 nitrogen and oxygen atoms in total. The third-order valence-corrected chi connectivity index (χ3v) is 7.62. The first-order valence-corrected chi connectivity index (χ1v) is 18.7. The maximum Gasteiger partial charge on any atom is 0.407 e. The van der Waals surface area contributed by atoms with Crippen LogP contribution in [0.1, 0.15) is 12.1 Å². The Morgan fingerprint density at radius 2 is 1.25 bits per heavy atom.